The van der Waals surface area contributed by atoms with E-state index in [9.17, 15) is 0 Å². The smallest absolute Gasteiger partial charge is 0.0446 e. The summed E-state index contributed by atoms with van der Waals surface area (Å²) in [5.74, 6) is 0. The van der Waals surface area contributed by atoms with E-state index in [1.54, 1.807) is 0 Å². The lowest BCUT2D eigenvalue weighted by molar-refractivity contribution is 0.254. The molecule has 0 atom stereocenters. The van der Waals surface area contributed by atoms with Crippen molar-refractivity contribution in [2.45, 2.75) is 19.8 Å². The van der Waals surface area contributed by atoms with Gasteiger partial charge in [-0.15, -0.1) is 0 Å². The van der Waals surface area contributed by atoms with Crippen LogP contribution in [0, 0.1) is 0 Å². The first-order chi connectivity index (χ1) is 10.9. The van der Waals surface area contributed by atoms with E-state index in [-0.39, 0.29) is 0 Å². The minimum Gasteiger partial charge on any atom is -0.368 e. The van der Waals surface area contributed by atoms with Gasteiger partial charge in [0, 0.05) is 37.4 Å². The van der Waals surface area contributed by atoms with Crippen molar-refractivity contribution in [1.29, 1.82) is 0 Å². The summed E-state index contributed by atoms with van der Waals surface area (Å²) in [6, 6.07) is 19.5. The molecule has 1 aliphatic heterocycles. The van der Waals surface area contributed by atoms with Crippen LogP contribution in [-0.2, 0) is 0 Å². The van der Waals surface area contributed by atoms with E-state index < -0.39 is 0 Å². The molecule has 0 spiro atoms. The van der Waals surface area contributed by atoms with Crippen LogP contribution >= 0.6 is 0 Å². The molecule has 2 heteroatoms. The SMILES string of the molecule is CCCCN1CCN(c2ccccc2-c2ccccc2)CC1. The zero-order chi connectivity index (χ0) is 15.2. The van der Waals surface area contributed by atoms with E-state index in [4.69, 9.17) is 0 Å². The summed E-state index contributed by atoms with van der Waals surface area (Å²) in [5, 5.41) is 0. The Morgan fingerprint density at radius 3 is 2.23 bits per heavy atom. The molecule has 2 aromatic carbocycles. The van der Waals surface area contributed by atoms with E-state index in [1.807, 2.05) is 0 Å². The number of para-hydroxylation sites is 1. The van der Waals surface area contributed by atoms with Gasteiger partial charge in [0.1, 0.15) is 0 Å². The maximum Gasteiger partial charge on any atom is 0.0446 e. The third-order valence-corrected chi connectivity index (χ3v) is 4.53. The van der Waals surface area contributed by atoms with Crippen LogP contribution < -0.4 is 4.90 Å². The van der Waals surface area contributed by atoms with Crippen LogP contribution in [0.25, 0.3) is 11.1 Å². The summed E-state index contributed by atoms with van der Waals surface area (Å²) < 4.78 is 0. The molecule has 0 radical (unpaired) electrons. The molecule has 0 aliphatic carbocycles. The summed E-state index contributed by atoms with van der Waals surface area (Å²) in [7, 11) is 0. The molecule has 3 rings (SSSR count). The third-order valence-electron chi connectivity index (χ3n) is 4.53. The van der Waals surface area contributed by atoms with Gasteiger partial charge in [-0.25, -0.2) is 0 Å². The van der Waals surface area contributed by atoms with Crippen molar-refractivity contribution < 1.29 is 0 Å². The van der Waals surface area contributed by atoms with Gasteiger partial charge in [-0.2, -0.15) is 0 Å². The van der Waals surface area contributed by atoms with Crippen molar-refractivity contribution >= 4 is 5.69 Å². The summed E-state index contributed by atoms with van der Waals surface area (Å²) in [4.78, 5) is 5.15. The lowest BCUT2D eigenvalue weighted by Crippen LogP contribution is -2.46. The minimum atomic E-state index is 1.13. The monoisotopic (exact) mass is 294 g/mol. The Morgan fingerprint density at radius 1 is 0.818 bits per heavy atom. The van der Waals surface area contributed by atoms with Gasteiger partial charge in [-0.1, -0.05) is 61.9 Å². The molecule has 116 valence electrons. The fourth-order valence-corrected chi connectivity index (χ4v) is 3.21. The largest absolute Gasteiger partial charge is 0.368 e. The number of nitrogens with zero attached hydrogens (tertiary/aromatic N) is 2. The molecule has 0 aromatic heterocycles. The van der Waals surface area contributed by atoms with Crippen molar-refractivity contribution in [3.8, 4) is 11.1 Å². The molecule has 1 saturated heterocycles. The molecule has 2 aromatic rings. The van der Waals surface area contributed by atoms with E-state index in [1.165, 1.54) is 49.3 Å². The molecule has 0 saturated carbocycles. The number of hydrogen-bond donors (Lipinski definition) is 0. The molecule has 0 N–H and O–H groups in total. The highest BCUT2D eigenvalue weighted by molar-refractivity contribution is 5.78. The topological polar surface area (TPSA) is 6.48 Å². The maximum atomic E-state index is 2.60. The van der Waals surface area contributed by atoms with Crippen molar-refractivity contribution in [2.75, 3.05) is 37.6 Å². The van der Waals surface area contributed by atoms with E-state index in [2.05, 4.69) is 71.3 Å². The predicted octanol–water partition coefficient (Wildman–Crippen LogP) is 4.28. The van der Waals surface area contributed by atoms with Crippen LogP contribution in [0.1, 0.15) is 19.8 Å². The Kier molecular flexibility index (Phi) is 5.12. The second-order valence-electron chi connectivity index (χ2n) is 6.07. The Bertz CT molecular complexity index is 571. The number of rotatable bonds is 5. The Morgan fingerprint density at radius 2 is 1.50 bits per heavy atom. The molecule has 0 unspecified atom stereocenters. The molecule has 1 fully saturated rings. The molecule has 0 amide bonds. The zero-order valence-corrected chi connectivity index (χ0v) is 13.5. The van der Waals surface area contributed by atoms with Crippen LogP contribution in [-0.4, -0.2) is 37.6 Å². The highest BCUT2D eigenvalue weighted by Crippen LogP contribution is 2.31. The van der Waals surface area contributed by atoms with Crippen molar-refractivity contribution in [3.05, 3.63) is 54.6 Å². The quantitative estimate of drug-likeness (QED) is 0.812. The lowest BCUT2D eigenvalue weighted by atomic mass is 10.0. The number of anilines is 1. The summed E-state index contributed by atoms with van der Waals surface area (Å²) in [6.45, 7) is 8.16. The summed E-state index contributed by atoms with van der Waals surface area (Å²) in [5.41, 5.74) is 4.04. The standard InChI is InChI=1S/C20H26N2/c1-2-3-13-21-14-16-22(17-15-21)20-12-8-7-11-19(20)18-9-5-4-6-10-18/h4-12H,2-3,13-17H2,1H3. The van der Waals surface area contributed by atoms with E-state index in [0.717, 1.165) is 13.1 Å². The predicted molar refractivity (Wildman–Crippen MR) is 95.4 cm³/mol. The highest BCUT2D eigenvalue weighted by atomic mass is 15.3. The van der Waals surface area contributed by atoms with Crippen LogP contribution in [0.4, 0.5) is 5.69 Å². The fourth-order valence-electron chi connectivity index (χ4n) is 3.21. The normalized spacial score (nSPS) is 16.0. The molecular formula is C20H26N2. The Balaban J connectivity index is 1.74. The van der Waals surface area contributed by atoms with Gasteiger partial charge in [0.25, 0.3) is 0 Å². The third kappa shape index (κ3) is 3.50. The van der Waals surface area contributed by atoms with Gasteiger partial charge >= 0.3 is 0 Å². The van der Waals surface area contributed by atoms with Crippen LogP contribution in [0.2, 0.25) is 0 Å². The van der Waals surface area contributed by atoms with Gasteiger partial charge in [-0.3, -0.25) is 4.90 Å². The average molecular weight is 294 g/mol. The average Bonchev–Trinajstić information content (AvgIpc) is 2.61. The van der Waals surface area contributed by atoms with Gasteiger partial charge in [0.2, 0.25) is 0 Å². The molecular weight excluding hydrogens is 268 g/mol. The first-order valence-corrected chi connectivity index (χ1v) is 8.50. The Labute approximate surface area is 134 Å². The summed E-state index contributed by atoms with van der Waals surface area (Å²) in [6.07, 6.45) is 2.61. The minimum absolute atomic E-state index is 1.13. The van der Waals surface area contributed by atoms with Crippen molar-refractivity contribution in [2.24, 2.45) is 0 Å². The molecule has 0 bridgehead atoms. The number of benzene rings is 2. The lowest BCUT2D eigenvalue weighted by Gasteiger charge is -2.37. The number of piperazine rings is 1. The second kappa shape index (κ2) is 7.46. The van der Waals surface area contributed by atoms with Crippen LogP contribution in [0.3, 0.4) is 0 Å². The number of unbranched alkanes of at least 4 members (excludes halogenated alkanes) is 1. The summed E-state index contributed by atoms with van der Waals surface area (Å²) >= 11 is 0. The van der Waals surface area contributed by atoms with Gasteiger partial charge in [0.05, 0.1) is 0 Å². The zero-order valence-electron chi connectivity index (χ0n) is 13.5. The van der Waals surface area contributed by atoms with E-state index in [0.29, 0.717) is 0 Å². The fraction of sp³-hybridized carbons (Fsp3) is 0.400. The van der Waals surface area contributed by atoms with E-state index >= 15 is 0 Å². The maximum absolute atomic E-state index is 2.60. The molecule has 1 aliphatic rings. The van der Waals surface area contributed by atoms with Crippen molar-refractivity contribution in [1.82, 2.24) is 4.90 Å². The number of hydrogen-bond acceptors (Lipinski definition) is 2. The molecule has 2 nitrogen and oxygen atoms in total. The van der Waals surface area contributed by atoms with Crippen molar-refractivity contribution in [3.63, 3.8) is 0 Å². The first kappa shape index (κ1) is 15.1. The molecule has 22 heavy (non-hydrogen) atoms. The van der Waals surface area contributed by atoms with Crippen LogP contribution in [0.5, 0.6) is 0 Å². The van der Waals surface area contributed by atoms with Crippen LogP contribution in [0.15, 0.2) is 54.6 Å². The van der Waals surface area contributed by atoms with Gasteiger partial charge in [0.15, 0.2) is 0 Å². The Hall–Kier alpha value is -1.80. The highest BCUT2D eigenvalue weighted by Gasteiger charge is 2.18. The first-order valence-electron chi connectivity index (χ1n) is 8.50. The second-order valence-corrected chi connectivity index (χ2v) is 6.07. The van der Waals surface area contributed by atoms with Gasteiger partial charge < -0.3 is 4.90 Å². The molecule has 1 heterocycles. The van der Waals surface area contributed by atoms with Gasteiger partial charge in [-0.05, 0) is 24.6 Å².